The number of carbonyl (C=O) groups excluding carboxylic acids is 1. The summed E-state index contributed by atoms with van der Waals surface area (Å²) in [5, 5.41) is 0. The van der Waals surface area contributed by atoms with Crippen LogP contribution in [0.1, 0.15) is 13.3 Å². The number of rotatable bonds is 3. The molecule has 54 valence electrons. The van der Waals surface area contributed by atoms with E-state index in [1.54, 1.807) is 6.92 Å². The van der Waals surface area contributed by atoms with E-state index in [1.165, 1.54) is 0 Å². The molecule has 0 fully saturated rings. The van der Waals surface area contributed by atoms with Crippen molar-refractivity contribution in [1.82, 2.24) is 0 Å². The SMILES string of the molecule is C=CC(=O)OCCC#CC. The van der Waals surface area contributed by atoms with Crippen LogP contribution in [-0.4, -0.2) is 12.6 Å². The van der Waals surface area contributed by atoms with Crippen molar-refractivity contribution >= 4 is 5.97 Å². The Morgan fingerprint density at radius 3 is 3.00 bits per heavy atom. The van der Waals surface area contributed by atoms with E-state index in [0.717, 1.165) is 6.08 Å². The largest absolute Gasteiger partial charge is 0.462 e. The molecule has 0 radical (unpaired) electrons. The Morgan fingerprint density at radius 2 is 2.50 bits per heavy atom. The summed E-state index contributed by atoms with van der Waals surface area (Å²) in [7, 11) is 0. The Morgan fingerprint density at radius 1 is 1.80 bits per heavy atom. The fourth-order valence-electron chi connectivity index (χ4n) is 0.387. The summed E-state index contributed by atoms with van der Waals surface area (Å²) in [6.07, 6.45) is 1.73. The first kappa shape index (κ1) is 8.77. The highest BCUT2D eigenvalue weighted by Crippen LogP contribution is 1.82. The Labute approximate surface area is 60.9 Å². The van der Waals surface area contributed by atoms with Gasteiger partial charge in [-0.1, -0.05) is 6.58 Å². The molecule has 0 heterocycles. The second-order valence-electron chi connectivity index (χ2n) is 1.55. The average molecular weight is 138 g/mol. The van der Waals surface area contributed by atoms with Gasteiger partial charge in [-0.3, -0.25) is 0 Å². The lowest BCUT2D eigenvalue weighted by Gasteiger charge is -1.94. The highest BCUT2D eigenvalue weighted by Gasteiger charge is 1.90. The first-order valence-corrected chi connectivity index (χ1v) is 3.00. The van der Waals surface area contributed by atoms with Gasteiger partial charge in [-0.25, -0.2) is 4.79 Å². The molecule has 0 aromatic rings. The van der Waals surface area contributed by atoms with Crippen LogP contribution in [0.3, 0.4) is 0 Å². The van der Waals surface area contributed by atoms with Gasteiger partial charge in [-0.2, -0.15) is 0 Å². The van der Waals surface area contributed by atoms with Crippen molar-refractivity contribution in [2.45, 2.75) is 13.3 Å². The lowest BCUT2D eigenvalue weighted by molar-refractivity contribution is -0.137. The first-order valence-electron chi connectivity index (χ1n) is 3.00. The summed E-state index contributed by atoms with van der Waals surface area (Å²) in [5.74, 6) is 5.07. The molecule has 0 spiro atoms. The molecule has 0 aromatic carbocycles. The molecule has 10 heavy (non-hydrogen) atoms. The zero-order chi connectivity index (χ0) is 7.82. The van der Waals surface area contributed by atoms with E-state index < -0.39 is 5.97 Å². The maximum absolute atomic E-state index is 10.4. The van der Waals surface area contributed by atoms with Gasteiger partial charge in [-0.05, 0) is 6.92 Å². The Bertz CT molecular complexity index is 171. The third kappa shape index (κ3) is 4.92. The van der Waals surface area contributed by atoms with Crippen molar-refractivity contribution in [3.63, 3.8) is 0 Å². The minimum atomic E-state index is -0.391. The van der Waals surface area contributed by atoms with Crippen LogP contribution in [0, 0.1) is 11.8 Å². The summed E-state index contributed by atoms with van der Waals surface area (Å²) in [6.45, 7) is 5.35. The molecule has 2 heteroatoms. The zero-order valence-electron chi connectivity index (χ0n) is 6.02. The van der Waals surface area contributed by atoms with Gasteiger partial charge >= 0.3 is 5.97 Å². The molecule has 0 aliphatic rings. The molecule has 0 unspecified atom stereocenters. The quantitative estimate of drug-likeness (QED) is 0.253. The van der Waals surface area contributed by atoms with Crippen molar-refractivity contribution in [2.75, 3.05) is 6.61 Å². The van der Waals surface area contributed by atoms with Gasteiger partial charge in [0, 0.05) is 12.5 Å². The molecule has 0 N–H and O–H groups in total. The number of hydrogen-bond acceptors (Lipinski definition) is 2. The maximum atomic E-state index is 10.4. The molecule has 0 aliphatic carbocycles. The minimum Gasteiger partial charge on any atom is -0.462 e. The van der Waals surface area contributed by atoms with Crippen molar-refractivity contribution in [1.29, 1.82) is 0 Å². The Kier molecular flexibility index (Phi) is 5.17. The van der Waals surface area contributed by atoms with Gasteiger partial charge in [0.05, 0.1) is 0 Å². The van der Waals surface area contributed by atoms with Crippen LogP contribution in [0.4, 0.5) is 0 Å². The van der Waals surface area contributed by atoms with E-state index in [0.29, 0.717) is 13.0 Å². The van der Waals surface area contributed by atoms with Crippen molar-refractivity contribution in [2.24, 2.45) is 0 Å². The third-order valence-electron chi connectivity index (χ3n) is 0.815. The van der Waals surface area contributed by atoms with Crippen LogP contribution >= 0.6 is 0 Å². The maximum Gasteiger partial charge on any atom is 0.330 e. The van der Waals surface area contributed by atoms with Gasteiger partial charge in [0.25, 0.3) is 0 Å². The second kappa shape index (κ2) is 5.90. The van der Waals surface area contributed by atoms with E-state index in [9.17, 15) is 4.79 Å². The van der Waals surface area contributed by atoms with Crippen LogP contribution < -0.4 is 0 Å². The molecular weight excluding hydrogens is 128 g/mol. The van der Waals surface area contributed by atoms with E-state index in [2.05, 4.69) is 23.2 Å². The summed E-state index contributed by atoms with van der Waals surface area (Å²) in [6, 6.07) is 0. The highest BCUT2D eigenvalue weighted by atomic mass is 16.5. The van der Waals surface area contributed by atoms with Crippen molar-refractivity contribution in [3.05, 3.63) is 12.7 Å². The number of carbonyl (C=O) groups is 1. The lowest BCUT2D eigenvalue weighted by Crippen LogP contribution is -2.00. The summed E-state index contributed by atoms with van der Waals surface area (Å²) in [4.78, 5) is 10.4. The van der Waals surface area contributed by atoms with Crippen molar-refractivity contribution < 1.29 is 9.53 Å². The van der Waals surface area contributed by atoms with Gasteiger partial charge in [0.1, 0.15) is 6.61 Å². The van der Waals surface area contributed by atoms with Gasteiger partial charge in [0.15, 0.2) is 0 Å². The standard InChI is InChI=1S/C8H10O2/c1-3-5-6-7-10-8(9)4-2/h4H,2,6-7H2,1H3. The minimum absolute atomic E-state index is 0.353. The molecule has 0 rings (SSSR count). The van der Waals surface area contributed by atoms with Crippen LogP contribution in [-0.2, 0) is 9.53 Å². The molecule has 2 nitrogen and oxygen atoms in total. The summed E-state index contributed by atoms with van der Waals surface area (Å²) < 4.78 is 4.63. The van der Waals surface area contributed by atoms with E-state index in [4.69, 9.17) is 0 Å². The number of hydrogen-bond donors (Lipinski definition) is 0. The molecule has 0 aliphatic heterocycles. The molecule has 0 aromatic heterocycles. The summed E-state index contributed by atoms with van der Waals surface area (Å²) in [5.41, 5.74) is 0. The van der Waals surface area contributed by atoms with Gasteiger partial charge in [0.2, 0.25) is 0 Å². The lowest BCUT2D eigenvalue weighted by atomic mass is 10.4. The molecule has 0 atom stereocenters. The fourth-order valence-corrected chi connectivity index (χ4v) is 0.387. The first-order chi connectivity index (χ1) is 4.81. The predicted octanol–water partition coefficient (Wildman–Crippen LogP) is 1.13. The smallest absolute Gasteiger partial charge is 0.330 e. The molecule has 0 saturated carbocycles. The third-order valence-corrected chi connectivity index (χ3v) is 0.815. The van der Waals surface area contributed by atoms with Gasteiger partial charge in [-0.15, -0.1) is 11.8 Å². The second-order valence-corrected chi connectivity index (χ2v) is 1.55. The van der Waals surface area contributed by atoms with E-state index in [-0.39, 0.29) is 0 Å². The molecule has 0 amide bonds. The Hall–Kier alpha value is -1.23. The van der Waals surface area contributed by atoms with Crippen molar-refractivity contribution in [3.8, 4) is 11.8 Å². The normalized spacial score (nSPS) is 7.30. The average Bonchev–Trinajstić information content (AvgIpc) is 1.98. The molecule has 0 bridgehead atoms. The highest BCUT2D eigenvalue weighted by molar-refractivity contribution is 5.81. The molecular formula is C8H10O2. The Balaban J connectivity index is 3.25. The number of esters is 1. The van der Waals surface area contributed by atoms with Crippen LogP contribution in [0.5, 0.6) is 0 Å². The number of ether oxygens (including phenoxy) is 1. The monoisotopic (exact) mass is 138 g/mol. The van der Waals surface area contributed by atoms with E-state index >= 15 is 0 Å². The summed E-state index contributed by atoms with van der Waals surface area (Å²) >= 11 is 0. The topological polar surface area (TPSA) is 26.3 Å². The van der Waals surface area contributed by atoms with Crippen LogP contribution in [0.2, 0.25) is 0 Å². The van der Waals surface area contributed by atoms with Gasteiger partial charge < -0.3 is 4.74 Å². The fraction of sp³-hybridized carbons (Fsp3) is 0.375. The van der Waals surface area contributed by atoms with E-state index in [1.807, 2.05) is 0 Å². The van der Waals surface area contributed by atoms with Crippen LogP contribution in [0.25, 0.3) is 0 Å². The van der Waals surface area contributed by atoms with Crippen LogP contribution in [0.15, 0.2) is 12.7 Å². The molecule has 0 saturated heterocycles. The zero-order valence-corrected chi connectivity index (χ0v) is 6.02. The predicted molar refractivity (Wildman–Crippen MR) is 39.2 cm³/mol.